The van der Waals surface area contributed by atoms with E-state index in [0.29, 0.717) is 11.8 Å². The fraction of sp³-hybridized carbons (Fsp3) is 0.500. The van der Waals surface area contributed by atoms with E-state index < -0.39 is 0 Å². The number of hydrogen-bond acceptors (Lipinski definition) is 3. The first kappa shape index (κ1) is 18.1. The molecule has 0 bridgehead atoms. The molecule has 0 saturated heterocycles. The summed E-state index contributed by atoms with van der Waals surface area (Å²) < 4.78 is 0. The van der Waals surface area contributed by atoms with Crippen LogP contribution in [0.2, 0.25) is 0 Å². The predicted molar refractivity (Wildman–Crippen MR) is 103 cm³/mol. The van der Waals surface area contributed by atoms with E-state index in [1.54, 1.807) is 0 Å². The first-order valence-electron chi connectivity index (χ1n) is 9.11. The SMILES string of the molecule is Cc1[nH]c(SCC(=O)N(C)C2CCCCC2)nc1Cc1ccccc1. The molecule has 1 fully saturated rings. The number of benzene rings is 1. The summed E-state index contributed by atoms with van der Waals surface area (Å²) >= 11 is 1.51. The third-order valence-corrected chi connectivity index (χ3v) is 5.88. The molecule has 1 aromatic heterocycles. The topological polar surface area (TPSA) is 49.0 Å². The van der Waals surface area contributed by atoms with Gasteiger partial charge in [-0.2, -0.15) is 0 Å². The summed E-state index contributed by atoms with van der Waals surface area (Å²) in [4.78, 5) is 22.4. The molecule has 1 saturated carbocycles. The monoisotopic (exact) mass is 357 g/mol. The number of carbonyl (C=O) groups excluding carboxylic acids is 1. The average Bonchev–Trinajstić information content (AvgIpc) is 3.00. The van der Waals surface area contributed by atoms with Crippen molar-refractivity contribution < 1.29 is 4.79 Å². The molecule has 1 aromatic carbocycles. The van der Waals surface area contributed by atoms with Gasteiger partial charge in [0.05, 0.1) is 11.4 Å². The Hall–Kier alpha value is -1.75. The van der Waals surface area contributed by atoms with Gasteiger partial charge in [0.15, 0.2) is 5.16 Å². The number of thioether (sulfide) groups is 1. The summed E-state index contributed by atoms with van der Waals surface area (Å²) in [6, 6.07) is 10.8. The van der Waals surface area contributed by atoms with Gasteiger partial charge in [0, 0.05) is 25.2 Å². The minimum Gasteiger partial charge on any atom is -0.342 e. The number of nitrogens with zero attached hydrogens (tertiary/aromatic N) is 2. The second kappa shape index (κ2) is 8.56. The first-order valence-corrected chi connectivity index (χ1v) is 10.1. The largest absolute Gasteiger partial charge is 0.342 e. The van der Waals surface area contributed by atoms with Crippen molar-refractivity contribution in [3.63, 3.8) is 0 Å². The van der Waals surface area contributed by atoms with Gasteiger partial charge in [-0.05, 0) is 25.3 Å². The van der Waals surface area contributed by atoms with Crippen LogP contribution in [0.25, 0.3) is 0 Å². The Morgan fingerprint density at radius 2 is 1.96 bits per heavy atom. The van der Waals surface area contributed by atoms with Crippen molar-refractivity contribution in [2.75, 3.05) is 12.8 Å². The van der Waals surface area contributed by atoms with Crippen LogP contribution in [0.4, 0.5) is 0 Å². The normalized spacial score (nSPS) is 15.3. The number of imidazole rings is 1. The van der Waals surface area contributed by atoms with Crippen LogP contribution in [0.15, 0.2) is 35.5 Å². The van der Waals surface area contributed by atoms with Gasteiger partial charge in [-0.15, -0.1) is 0 Å². The van der Waals surface area contributed by atoms with Crippen molar-refractivity contribution in [2.24, 2.45) is 0 Å². The summed E-state index contributed by atoms with van der Waals surface area (Å²) in [6.07, 6.45) is 6.91. The molecule has 4 nitrogen and oxygen atoms in total. The number of nitrogens with one attached hydrogen (secondary N) is 1. The zero-order chi connectivity index (χ0) is 17.6. The van der Waals surface area contributed by atoms with E-state index in [0.717, 1.165) is 35.8 Å². The van der Waals surface area contributed by atoms with Crippen molar-refractivity contribution in [1.29, 1.82) is 0 Å². The van der Waals surface area contributed by atoms with E-state index in [4.69, 9.17) is 0 Å². The number of amides is 1. The Labute approximate surface area is 154 Å². The standard InChI is InChI=1S/C20H27N3OS/c1-15-18(13-16-9-5-3-6-10-16)22-20(21-15)25-14-19(24)23(2)17-11-7-4-8-12-17/h3,5-6,9-10,17H,4,7-8,11-14H2,1-2H3,(H,21,22). The third kappa shape index (κ3) is 4.88. The molecule has 134 valence electrons. The maximum Gasteiger partial charge on any atom is 0.233 e. The fourth-order valence-corrected chi connectivity index (χ4v) is 4.26. The van der Waals surface area contributed by atoms with Crippen LogP contribution >= 0.6 is 11.8 Å². The quantitative estimate of drug-likeness (QED) is 0.789. The third-order valence-electron chi connectivity index (χ3n) is 5.03. The van der Waals surface area contributed by atoms with Gasteiger partial charge in [-0.3, -0.25) is 4.79 Å². The molecule has 1 N–H and O–H groups in total. The van der Waals surface area contributed by atoms with E-state index in [9.17, 15) is 4.79 Å². The highest BCUT2D eigenvalue weighted by Gasteiger charge is 2.22. The summed E-state index contributed by atoms with van der Waals surface area (Å²) in [7, 11) is 1.95. The number of hydrogen-bond donors (Lipinski definition) is 1. The van der Waals surface area contributed by atoms with Crippen LogP contribution in [-0.2, 0) is 11.2 Å². The molecule has 0 spiro atoms. The van der Waals surface area contributed by atoms with Crippen molar-refractivity contribution >= 4 is 17.7 Å². The van der Waals surface area contributed by atoms with Gasteiger partial charge >= 0.3 is 0 Å². The van der Waals surface area contributed by atoms with E-state index >= 15 is 0 Å². The van der Waals surface area contributed by atoms with E-state index in [2.05, 4.69) is 22.1 Å². The van der Waals surface area contributed by atoms with E-state index in [-0.39, 0.29) is 5.91 Å². The number of aromatic amines is 1. The maximum absolute atomic E-state index is 12.5. The number of rotatable bonds is 6. The van der Waals surface area contributed by atoms with Crippen molar-refractivity contribution in [1.82, 2.24) is 14.9 Å². The minimum atomic E-state index is 0.204. The van der Waals surface area contributed by atoms with Crippen molar-refractivity contribution in [2.45, 2.75) is 56.6 Å². The lowest BCUT2D eigenvalue weighted by Crippen LogP contribution is -2.39. The second-order valence-corrected chi connectivity index (χ2v) is 7.83. The Kier molecular flexibility index (Phi) is 6.19. The molecule has 1 aliphatic carbocycles. The average molecular weight is 358 g/mol. The molecule has 25 heavy (non-hydrogen) atoms. The Balaban J connectivity index is 1.54. The molecule has 5 heteroatoms. The van der Waals surface area contributed by atoms with Crippen molar-refractivity contribution in [3.05, 3.63) is 47.3 Å². The predicted octanol–water partition coefficient (Wildman–Crippen LogP) is 4.19. The van der Waals surface area contributed by atoms with Gasteiger partial charge in [0.25, 0.3) is 0 Å². The van der Waals surface area contributed by atoms with E-state index in [1.165, 1.54) is 36.6 Å². The molecule has 0 atom stereocenters. The molecule has 0 unspecified atom stereocenters. The molecular weight excluding hydrogens is 330 g/mol. The molecule has 1 amide bonds. The first-order chi connectivity index (χ1) is 12.1. The zero-order valence-electron chi connectivity index (χ0n) is 15.1. The summed E-state index contributed by atoms with van der Waals surface area (Å²) in [6.45, 7) is 2.05. The lowest BCUT2D eigenvalue weighted by molar-refractivity contribution is -0.129. The maximum atomic E-state index is 12.5. The number of carbonyl (C=O) groups is 1. The Morgan fingerprint density at radius 1 is 1.24 bits per heavy atom. The van der Waals surface area contributed by atoms with Gasteiger partial charge < -0.3 is 9.88 Å². The highest BCUT2D eigenvalue weighted by atomic mass is 32.2. The molecule has 0 aliphatic heterocycles. The number of aryl methyl sites for hydroxylation is 1. The van der Waals surface area contributed by atoms with Crippen molar-refractivity contribution in [3.8, 4) is 0 Å². The van der Waals surface area contributed by atoms with Crippen LogP contribution in [0.1, 0.15) is 49.1 Å². The lowest BCUT2D eigenvalue weighted by atomic mass is 9.94. The molecule has 2 aromatic rings. The van der Waals surface area contributed by atoms with Gasteiger partial charge in [0.2, 0.25) is 5.91 Å². The van der Waals surface area contributed by atoms with Crippen LogP contribution in [0.3, 0.4) is 0 Å². The summed E-state index contributed by atoms with van der Waals surface area (Å²) in [5.41, 5.74) is 3.39. The molecule has 1 heterocycles. The van der Waals surface area contributed by atoms with Crippen LogP contribution in [0, 0.1) is 6.92 Å². The van der Waals surface area contributed by atoms with Crippen LogP contribution < -0.4 is 0 Å². The van der Waals surface area contributed by atoms with E-state index in [1.807, 2.05) is 37.1 Å². The van der Waals surface area contributed by atoms with Crippen LogP contribution in [-0.4, -0.2) is 39.6 Å². The molecular formula is C20H27N3OS. The Morgan fingerprint density at radius 3 is 2.68 bits per heavy atom. The van der Waals surface area contributed by atoms with Crippen LogP contribution in [0.5, 0.6) is 0 Å². The van der Waals surface area contributed by atoms with Gasteiger partial charge in [0.1, 0.15) is 0 Å². The fourth-order valence-electron chi connectivity index (χ4n) is 3.40. The summed E-state index contributed by atoms with van der Waals surface area (Å²) in [5, 5.41) is 0.842. The minimum absolute atomic E-state index is 0.204. The van der Waals surface area contributed by atoms with Gasteiger partial charge in [-0.1, -0.05) is 61.4 Å². The highest BCUT2D eigenvalue weighted by Crippen LogP contribution is 2.24. The number of H-pyrrole nitrogens is 1. The molecule has 3 rings (SSSR count). The smallest absolute Gasteiger partial charge is 0.233 e. The second-order valence-electron chi connectivity index (χ2n) is 6.86. The number of aromatic nitrogens is 2. The lowest BCUT2D eigenvalue weighted by Gasteiger charge is -2.31. The zero-order valence-corrected chi connectivity index (χ0v) is 15.9. The Bertz CT molecular complexity index is 692. The molecule has 1 aliphatic rings. The summed E-state index contributed by atoms with van der Waals surface area (Å²) in [5.74, 6) is 0.653. The highest BCUT2D eigenvalue weighted by molar-refractivity contribution is 7.99. The molecule has 0 radical (unpaired) electrons. The van der Waals surface area contributed by atoms with Gasteiger partial charge in [-0.25, -0.2) is 4.98 Å².